The van der Waals surface area contributed by atoms with Crippen LogP contribution in [0.3, 0.4) is 0 Å². The molecule has 0 aliphatic heterocycles. The lowest BCUT2D eigenvalue weighted by Gasteiger charge is -2.09. The Kier molecular flexibility index (Phi) is 3.97. The summed E-state index contributed by atoms with van der Waals surface area (Å²) in [6.07, 6.45) is 0.750. The van der Waals surface area contributed by atoms with Gasteiger partial charge in [-0.1, -0.05) is 24.2 Å². The van der Waals surface area contributed by atoms with Crippen molar-refractivity contribution in [3.63, 3.8) is 0 Å². The normalized spacial score (nSPS) is 13.6. The molecule has 0 saturated carbocycles. The Morgan fingerprint density at radius 1 is 1.47 bits per heavy atom. The Hall–Kier alpha value is -1.71. The summed E-state index contributed by atoms with van der Waals surface area (Å²) in [7, 11) is 1.63. The fourth-order valence-corrected chi connectivity index (χ4v) is 1.32. The van der Waals surface area contributed by atoms with Crippen LogP contribution in [-0.2, 0) is 6.42 Å². The summed E-state index contributed by atoms with van der Waals surface area (Å²) < 4.78 is 5.05. The molecule has 1 atom stereocenters. The van der Waals surface area contributed by atoms with E-state index in [4.69, 9.17) is 15.7 Å². The number of rotatable bonds is 4. The zero-order valence-corrected chi connectivity index (χ0v) is 8.97. The van der Waals surface area contributed by atoms with Crippen molar-refractivity contribution in [2.45, 2.75) is 13.3 Å². The molecule has 3 N–H and O–H groups in total. The van der Waals surface area contributed by atoms with E-state index >= 15 is 0 Å². The number of nitrogens with zero attached hydrogens (tertiary/aromatic N) is 1. The third-order valence-electron chi connectivity index (χ3n) is 2.32. The number of amidine groups is 1. The van der Waals surface area contributed by atoms with E-state index in [-0.39, 0.29) is 11.8 Å². The first-order chi connectivity index (χ1) is 7.17. The highest BCUT2D eigenvalue weighted by molar-refractivity contribution is 5.82. The number of nitrogens with two attached hydrogens (primary N) is 1. The number of ether oxygens (including phenoxy) is 1. The molecule has 0 aliphatic carbocycles. The van der Waals surface area contributed by atoms with Gasteiger partial charge in [0.25, 0.3) is 0 Å². The van der Waals surface area contributed by atoms with Crippen LogP contribution in [0.25, 0.3) is 0 Å². The molecule has 0 saturated heterocycles. The highest BCUT2D eigenvalue weighted by atomic mass is 16.5. The summed E-state index contributed by atoms with van der Waals surface area (Å²) in [5, 5.41) is 11.5. The van der Waals surface area contributed by atoms with Crippen LogP contribution in [0.2, 0.25) is 0 Å². The Bertz CT molecular complexity index is 333. The van der Waals surface area contributed by atoms with Crippen molar-refractivity contribution in [3.05, 3.63) is 29.8 Å². The molecule has 1 rings (SSSR count). The van der Waals surface area contributed by atoms with Crippen LogP contribution in [-0.4, -0.2) is 18.2 Å². The molecule has 0 spiro atoms. The summed E-state index contributed by atoms with van der Waals surface area (Å²) in [5.41, 5.74) is 6.63. The van der Waals surface area contributed by atoms with Gasteiger partial charge in [0, 0.05) is 5.92 Å². The topological polar surface area (TPSA) is 67.8 Å². The van der Waals surface area contributed by atoms with Crippen LogP contribution in [0.5, 0.6) is 5.75 Å². The number of benzene rings is 1. The summed E-state index contributed by atoms with van der Waals surface area (Å²) in [4.78, 5) is 0. The van der Waals surface area contributed by atoms with Gasteiger partial charge in [0.15, 0.2) is 0 Å². The van der Waals surface area contributed by atoms with E-state index in [0.717, 1.165) is 17.7 Å². The van der Waals surface area contributed by atoms with Gasteiger partial charge in [0.05, 0.1) is 7.11 Å². The van der Waals surface area contributed by atoms with Gasteiger partial charge in [0.1, 0.15) is 11.6 Å². The van der Waals surface area contributed by atoms with E-state index in [2.05, 4.69) is 5.16 Å². The quantitative estimate of drug-likeness (QED) is 0.342. The molecule has 0 fully saturated rings. The van der Waals surface area contributed by atoms with Crippen molar-refractivity contribution in [1.82, 2.24) is 0 Å². The zero-order valence-electron chi connectivity index (χ0n) is 8.97. The molecule has 0 aromatic heterocycles. The summed E-state index contributed by atoms with van der Waals surface area (Å²) in [6.45, 7) is 1.92. The molecule has 82 valence electrons. The molecule has 0 heterocycles. The van der Waals surface area contributed by atoms with E-state index < -0.39 is 0 Å². The fourth-order valence-electron chi connectivity index (χ4n) is 1.32. The van der Waals surface area contributed by atoms with Gasteiger partial charge < -0.3 is 15.7 Å². The second kappa shape index (κ2) is 5.24. The van der Waals surface area contributed by atoms with Gasteiger partial charge in [-0.05, 0) is 24.1 Å². The molecular weight excluding hydrogens is 192 g/mol. The minimum atomic E-state index is 0.0309. The lowest BCUT2D eigenvalue weighted by atomic mass is 10.0. The van der Waals surface area contributed by atoms with Gasteiger partial charge in [0.2, 0.25) is 0 Å². The van der Waals surface area contributed by atoms with Gasteiger partial charge in [-0.25, -0.2) is 0 Å². The Balaban J connectivity index is 2.65. The van der Waals surface area contributed by atoms with Crippen molar-refractivity contribution in [2.75, 3.05) is 7.11 Å². The van der Waals surface area contributed by atoms with Crippen LogP contribution in [0, 0.1) is 5.92 Å². The first kappa shape index (κ1) is 11.4. The molecule has 0 bridgehead atoms. The smallest absolute Gasteiger partial charge is 0.142 e. The molecule has 0 amide bonds. The van der Waals surface area contributed by atoms with Crippen molar-refractivity contribution < 1.29 is 9.94 Å². The number of hydrogen-bond acceptors (Lipinski definition) is 3. The summed E-state index contributed by atoms with van der Waals surface area (Å²) in [5.74, 6) is 1.12. The Morgan fingerprint density at radius 3 is 2.53 bits per heavy atom. The maximum atomic E-state index is 8.51. The van der Waals surface area contributed by atoms with Crippen LogP contribution >= 0.6 is 0 Å². The molecule has 4 nitrogen and oxygen atoms in total. The minimum Gasteiger partial charge on any atom is -0.497 e. The summed E-state index contributed by atoms with van der Waals surface area (Å²) in [6, 6.07) is 7.74. The van der Waals surface area contributed by atoms with Crippen LogP contribution in [0.1, 0.15) is 12.5 Å². The van der Waals surface area contributed by atoms with Gasteiger partial charge in [-0.2, -0.15) is 0 Å². The molecule has 0 radical (unpaired) electrons. The van der Waals surface area contributed by atoms with E-state index in [1.807, 2.05) is 31.2 Å². The minimum absolute atomic E-state index is 0.0309. The monoisotopic (exact) mass is 208 g/mol. The molecule has 0 unspecified atom stereocenters. The van der Waals surface area contributed by atoms with Crippen molar-refractivity contribution in [3.8, 4) is 5.75 Å². The number of oxime groups is 1. The van der Waals surface area contributed by atoms with Crippen molar-refractivity contribution >= 4 is 5.84 Å². The largest absolute Gasteiger partial charge is 0.497 e. The van der Waals surface area contributed by atoms with E-state index in [1.54, 1.807) is 7.11 Å². The third kappa shape index (κ3) is 3.16. The molecule has 4 heteroatoms. The average Bonchev–Trinajstić information content (AvgIpc) is 2.29. The third-order valence-corrected chi connectivity index (χ3v) is 2.32. The fraction of sp³-hybridized carbons (Fsp3) is 0.364. The van der Waals surface area contributed by atoms with Crippen LogP contribution in [0.4, 0.5) is 0 Å². The van der Waals surface area contributed by atoms with Gasteiger partial charge in [-0.15, -0.1) is 0 Å². The predicted molar refractivity (Wildman–Crippen MR) is 59.3 cm³/mol. The molecule has 0 aliphatic rings. The van der Waals surface area contributed by atoms with E-state index in [0.29, 0.717) is 0 Å². The Labute approximate surface area is 89.4 Å². The number of hydrogen-bond donors (Lipinski definition) is 2. The molecule has 1 aromatic rings. The SMILES string of the molecule is COc1ccc(C[C@H](C)/C(N)=N/O)cc1. The van der Waals surface area contributed by atoms with Gasteiger partial charge >= 0.3 is 0 Å². The maximum absolute atomic E-state index is 8.51. The maximum Gasteiger partial charge on any atom is 0.142 e. The Morgan fingerprint density at radius 2 is 2.07 bits per heavy atom. The lowest BCUT2D eigenvalue weighted by molar-refractivity contribution is 0.314. The first-order valence-electron chi connectivity index (χ1n) is 4.77. The highest BCUT2D eigenvalue weighted by Gasteiger charge is 2.08. The molecule has 1 aromatic carbocycles. The van der Waals surface area contributed by atoms with E-state index in [1.165, 1.54) is 0 Å². The van der Waals surface area contributed by atoms with Crippen molar-refractivity contribution in [1.29, 1.82) is 0 Å². The standard InChI is InChI=1S/C11H16N2O2/c1-8(11(12)13-14)7-9-3-5-10(15-2)6-4-9/h3-6,8,14H,7H2,1-2H3,(H2,12,13)/t8-/m0/s1. The average molecular weight is 208 g/mol. The second-order valence-electron chi connectivity index (χ2n) is 3.48. The first-order valence-corrected chi connectivity index (χ1v) is 4.77. The highest BCUT2D eigenvalue weighted by Crippen LogP contribution is 2.14. The summed E-state index contributed by atoms with van der Waals surface area (Å²) >= 11 is 0. The zero-order chi connectivity index (χ0) is 11.3. The second-order valence-corrected chi connectivity index (χ2v) is 3.48. The van der Waals surface area contributed by atoms with Crippen LogP contribution < -0.4 is 10.5 Å². The number of methoxy groups -OCH3 is 1. The molecular formula is C11H16N2O2. The van der Waals surface area contributed by atoms with E-state index in [9.17, 15) is 0 Å². The van der Waals surface area contributed by atoms with Gasteiger partial charge in [-0.3, -0.25) is 0 Å². The van der Waals surface area contributed by atoms with Crippen molar-refractivity contribution in [2.24, 2.45) is 16.8 Å². The predicted octanol–water partition coefficient (Wildman–Crippen LogP) is 1.62. The molecule has 15 heavy (non-hydrogen) atoms. The lowest BCUT2D eigenvalue weighted by Crippen LogP contribution is -2.22. The van der Waals surface area contributed by atoms with Crippen LogP contribution in [0.15, 0.2) is 29.4 Å².